The van der Waals surface area contributed by atoms with Crippen molar-refractivity contribution in [2.75, 3.05) is 12.3 Å². The Morgan fingerprint density at radius 2 is 2.05 bits per heavy atom. The van der Waals surface area contributed by atoms with Gasteiger partial charge in [-0.1, -0.05) is 25.1 Å². The molecule has 0 bridgehead atoms. The van der Waals surface area contributed by atoms with Crippen molar-refractivity contribution in [2.45, 2.75) is 19.9 Å². The lowest BCUT2D eigenvalue weighted by Gasteiger charge is -2.22. The molecule has 0 aliphatic rings. The first kappa shape index (κ1) is 15.1. The highest BCUT2D eigenvalue weighted by molar-refractivity contribution is 9.11. The molecule has 2 rings (SSSR count). The van der Waals surface area contributed by atoms with Gasteiger partial charge in [0.15, 0.2) is 0 Å². The largest absolute Gasteiger partial charge is 0.398 e. The van der Waals surface area contributed by atoms with E-state index in [1.54, 1.807) is 0 Å². The molecule has 106 valence electrons. The second kappa shape index (κ2) is 6.90. The zero-order valence-electron chi connectivity index (χ0n) is 11.3. The number of carbonyl (C=O) groups excluding carboxylic acids is 1. The van der Waals surface area contributed by atoms with E-state index in [4.69, 9.17) is 5.73 Å². The molecule has 0 atom stereocenters. The van der Waals surface area contributed by atoms with Gasteiger partial charge in [-0.3, -0.25) is 4.79 Å². The molecule has 2 aromatic rings. The Kier molecular flexibility index (Phi) is 5.20. The summed E-state index contributed by atoms with van der Waals surface area (Å²) in [5.74, 6) is 0.0609. The topological polar surface area (TPSA) is 46.3 Å². The summed E-state index contributed by atoms with van der Waals surface area (Å²) in [7, 11) is 0. The van der Waals surface area contributed by atoms with Crippen LogP contribution >= 0.6 is 27.3 Å². The molecular formula is C15H17BrN2OS. The number of carbonyl (C=O) groups is 1. The lowest BCUT2D eigenvalue weighted by molar-refractivity contribution is 0.0748. The Balaban J connectivity index is 2.19. The first-order valence-corrected chi connectivity index (χ1v) is 8.10. The van der Waals surface area contributed by atoms with Gasteiger partial charge in [-0.2, -0.15) is 0 Å². The summed E-state index contributed by atoms with van der Waals surface area (Å²) in [5.41, 5.74) is 7.69. The van der Waals surface area contributed by atoms with Gasteiger partial charge in [-0.05, 0) is 46.1 Å². The predicted octanol–water partition coefficient (Wildman–Crippen LogP) is 4.15. The van der Waals surface area contributed by atoms with E-state index in [0.717, 1.165) is 32.9 Å². The summed E-state index contributed by atoms with van der Waals surface area (Å²) in [6, 6.07) is 11.4. The normalized spacial score (nSPS) is 10.5. The highest BCUT2D eigenvalue weighted by atomic mass is 79.9. The molecule has 20 heavy (non-hydrogen) atoms. The fraction of sp³-hybridized carbons (Fsp3) is 0.267. The number of amides is 1. The van der Waals surface area contributed by atoms with Crippen molar-refractivity contribution < 1.29 is 4.79 Å². The molecule has 1 heterocycles. The van der Waals surface area contributed by atoms with E-state index in [2.05, 4.69) is 22.9 Å². The van der Waals surface area contributed by atoms with Crippen LogP contribution in [0.5, 0.6) is 0 Å². The first-order chi connectivity index (χ1) is 9.61. The van der Waals surface area contributed by atoms with Crippen LogP contribution in [0.1, 0.15) is 28.6 Å². The number of halogens is 1. The molecule has 0 saturated heterocycles. The van der Waals surface area contributed by atoms with Crippen molar-refractivity contribution in [1.82, 2.24) is 4.90 Å². The maximum absolute atomic E-state index is 12.5. The van der Waals surface area contributed by atoms with E-state index in [1.165, 1.54) is 11.3 Å². The van der Waals surface area contributed by atoms with Crippen LogP contribution in [0.25, 0.3) is 0 Å². The average Bonchev–Trinajstić information content (AvgIpc) is 2.86. The van der Waals surface area contributed by atoms with Crippen LogP contribution in [-0.2, 0) is 6.54 Å². The lowest BCUT2D eigenvalue weighted by atomic mass is 10.1. The maximum Gasteiger partial charge on any atom is 0.264 e. The minimum absolute atomic E-state index is 0.0609. The Morgan fingerprint density at radius 1 is 1.30 bits per heavy atom. The SMILES string of the molecule is CCCN(Cc1ccccc1N)C(=O)c1ccc(Br)s1. The highest BCUT2D eigenvalue weighted by Gasteiger charge is 2.17. The number of thiophene rings is 1. The molecule has 1 amide bonds. The van der Waals surface area contributed by atoms with Gasteiger partial charge in [0.2, 0.25) is 0 Å². The molecule has 1 aromatic heterocycles. The van der Waals surface area contributed by atoms with E-state index < -0.39 is 0 Å². The quantitative estimate of drug-likeness (QED) is 0.821. The molecule has 0 unspecified atom stereocenters. The Bertz CT molecular complexity index is 597. The molecule has 0 fully saturated rings. The van der Waals surface area contributed by atoms with Gasteiger partial charge in [-0.15, -0.1) is 11.3 Å². The Labute approximate surface area is 131 Å². The van der Waals surface area contributed by atoms with Crippen LogP contribution in [0.4, 0.5) is 5.69 Å². The van der Waals surface area contributed by atoms with Crippen LogP contribution in [0.2, 0.25) is 0 Å². The summed E-state index contributed by atoms with van der Waals surface area (Å²) in [6.45, 7) is 3.34. The summed E-state index contributed by atoms with van der Waals surface area (Å²) in [6.07, 6.45) is 0.922. The number of anilines is 1. The number of nitrogen functional groups attached to an aromatic ring is 1. The summed E-state index contributed by atoms with van der Waals surface area (Å²) >= 11 is 4.85. The molecule has 0 aliphatic carbocycles. The number of hydrogen-bond donors (Lipinski definition) is 1. The first-order valence-electron chi connectivity index (χ1n) is 6.49. The van der Waals surface area contributed by atoms with E-state index in [0.29, 0.717) is 6.54 Å². The van der Waals surface area contributed by atoms with E-state index >= 15 is 0 Å². The fourth-order valence-electron chi connectivity index (χ4n) is 1.99. The molecule has 5 heteroatoms. The molecule has 1 aromatic carbocycles. The molecule has 0 radical (unpaired) electrons. The van der Waals surface area contributed by atoms with Crippen molar-refractivity contribution in [3.05, 3.63) is 50.6 Å². The third kappa shape index (κ3) is 3.61. The van der Waals surface area contributed by atoms with Crippen molar-refractivity contribution >= 4 is 38.9 Å². The van der Waals surface area contributed by atoms with Crippen LogP contribution in [0, 0.1) is 0 Å². The second-order valence-corrected chi connectivity index (χ2v) is 6.99. The highest BCUT2D eigenvalue weighted by Crippen LogP contribution is 2.24. The zero-order chi connectivity index (χ0) is 14.5. The predicted molar refractivity (Wildman–Crippen MR) is 87.9 cm³/mol. The third-order valence-corrected chi connectivity index (χ3v) is 4.59. The molecule has 3 nitrogen and oxygen atoms in total. The lowest BCUT2D eigenvalue weighted by Crippen LogP contribution is -2.31. The Hall–Kier alpha value is -1.33. The van der Waals surface area contributed by atoms with Gasteiger partial charge >= 0.3 is 0 Å². The molecule has 2 N–H and O–H groups in total. The van der Waals surface area contributed by atoms with E-state index in [-0.39, 0.29) is 5.91 Å². The minimum atomic E-state index is 0.0609. The van der Waals surface area contributed by atoms with Gasteiger partial charge in [0.25, 0.3) is 5.91 Å². The Morgan fingerprint density at radius 3 is 2.65 bits per heavy atom. The molecule has 0 spiro atoms. The van der Waals surface area contributed by atoms with E-state index in [1.807, 2.05) is 41.3 Å². The van der Waals surface area contributed by atoms with Crippen molar-refractivity contribution in [1.29, 1.82) is 0 Å². The summed E-state index contributed by atoms with van der Waals surface area (Å²) < 4.78 is 0.969. The van der Waals surface area contributed by atoms with Crippen LogP contribution in [-0.4, -0.2) is 17.4 Å². The molecule has 0 aliphatic heterocycles. The van der Waals surface area contributed by atoms with Gasteiger partial charge < -0.3 is 10.6 Å². The van der Waals surface area contributed by atoms with Crippen molar-refractivity contribution in [3.63, 3.8) is 0 Å². The number of nitrogens with zero attached hydrogens (tertiary/aromatic N) is 1. The fourth-order valence-corrected chi connectivity index (χ4v) is 3.35. The second-order valence-electron chi connectivity index (χ2n) is 4.53. The van der Waals surface area contributed by atoms with Crippen molar-refractivity contribution in [2.24, 2.45) is 0 Å². The number of para-hydroxylation sites is 1. The molecule has 0 saturated carbocycles. The summed E-state index contributed by atoms with van der Waals surface area (Å²) in [4.78, 5) is 15.1. The monoisotopic (exact) mass is 352 g/mol. The van der Waals surface area contributed by atoms with Gasteiger partial charge in [-0.25, -0.2) is 0 Å². The summed E-state index contributed by atoms with van der Waals surface area (Å²) in [5, 5.41) is 0. The number of benzene rings is 1. The smallest absolute Gasteiger partial charge is 0.264 e. The standard InChI is InChI=1S/C15H17BrN2OS/c1-2-9-18(10-11-5-3-4-6-12(11)17)15(19)13-7-8-14(16)20-13/h3-8H,2,9-10,17H2,1H3. The van der Waals surface area contributed by atoms with Gasteiger partial charge in [0.1, 0.15) is 0 Å². The number of hydrogen-bond acceptors (Lipinski definition) is 3. The number of nitrogens with two attached hydrogens (primary N) is 1. The van der Waals surface area contributed by atoms with Crippen LogP contribution in [0.15, 0.2) is 40.2 Å². The van der Waals surface area contributed by atoms with Gasteiger partial charge in [0.05, 0.1) is 8.66 Å². The van der Waals surface area contributed by atoms with E-state index in [9.17, 15) is 4.79 Å². The molecular weight excluding hydrogens is 336 g/mol. The van der Waals surface area contributed by atoms with Crippen LogP contribution in [0.3, 0.4) is 0 Å². The van der Waals surface area contributed by atoms with Gasteiger partial charge in [0, 0.05) is 18.8 Å². The average molecular weight is 353 g/mol. The van der Waals surface area contributed by atoms with Crippen LogP contribution < -0.4 is 5.73 Å². The number of rotatable bonds is 5. The van der Waals surface area contributed by atoms with Crippen molar-refractivity contribution in [3.8, 4) is 0 Å². The minimum Gasteiger partial charge on any atom is -0.398 e. The zero-order valence-corrected chi connectivity index (χ0v) is 13.7. The maximum atomic E-state index is 12.5. The third-order valence-electron chi connectivity index (χ3n) is 2.98.